The molecule has 8 nitrogen and oxygen atoms in total. The third-order valence-electron chi connectivity index (χ3n) is 3.88. The molecule has 2 aromatic carbocycles. The monoisotopic (exact) mass is 419 g/mol. The lowest BCUT2D eigenvalue weighted by atomic mass is 10.1. The van der Waals surface area contributed by atoms with Crippen molar-refractivity contribution in [3.8, 4) is 11.5 Å². The van der Waals surface area contributed by atoms with Gasteiger partial charge in [-0.05, 0) is 48.0 Å². The molecule has 2 N–H and O–H groups in total. The molecule has 0 amide bonds. The molecule has 0 aromatic heterocycles. The molecular weight excluding hydrogens is 398 g/mol. The van der Waals surface area contributed by atoms with Crippen LogP contribution in [-0.4, -0.2) is 46.0 Å². The van der Waals surface area contributed by atoms with Gasteiger partial charge >= 0.3 is 5.97 Å². The van der Waals surface area contributed by atoms with E-state index in [1.807, 2.05) is 0 Å². The van der Waals surface area contributed by atoms with Crippen LogP contribution >= 0.6 is 0 Å². The van der Waals surface area contributed by atoms with Crippen LogP contribution in [0.15, 0.2) is 53.4 Å². The minimum Gasteiger partial charge on any atom is -0.497 e. The maximum Gasteiger partial charge on any atom is 0.304 e. The van der Waals surface area contributed by atoms with Crippen molar-refractivity contribution >= 4 is 27.9 Å². The van der Waals surface area contributed by atoms with Gasteiger partial charge in [0, 0.05) is 18.2 Å². The van der Waals surface area contributed by atoms with Crippen molar-refractivity contribution in [2.24, 2.45) is 0 Å². The number of hydrogen-bond donors (Lipinski definition) is 2. The topological polar surface area (TPSA) is 119 Å². The first-order valence-electron chi connectivity index (χ1n) is 8.52. The first-order valence-corrected chi connectivity index (χ1v) is 10.0. The highest BCUT2D eigenvalue weighted by atomic mass is 32.2. The molecule has 0 aliphatic rings. The van der Waals surface area contributed by atoms with E-state index in [1.165, 1.54) is 44.6 Å². The van der Waals surface area contributed by atoms with Crippen molar-refractivity contribution in [3.05, 3.63) is 59.7 Å². The van der Waals surface area contributed by atoms with Crippen LogP contribution in [0.5, 0.6) is 11.5 Å². The molecule has 29 heavy (non-hydrogen) atoms. The minimum atomic E-state index is -3.84. The van der Waals surface area contributed by atoms with Crippen LogP contribution in [0.2, 0.25) is 0 Å². The van der Waals surface area contributed by atoms with E-state index < -0.39 is 16.0 Å². The van der Waals surface area contributed by atoms with Crippen LogP contribution in [0.1, 0.15) is 22.3 Å². The number of carboxylic acids is 1. The zero-order valence-corrected chi connectivity index (χ0v) is 16.7. The summed E-state index contributed by atoms with van der Waals surface area (Å²) in [7, 11) is -0.785. The number of rotatable bonds is 10. The first-order chi connectivity index (χ1) is 13.7. The maximum atomic E-state index is 12.4. The predicted molar refractivity (Wildman–Crippen MR) is 107 cm³/mol. The fraction of sp³-hybridized carbons (Fsp3) is 0.200. The summed E-state index contributed by atoms with van der Waals surface area (Å²) in [6, 6.07) is 10.6. The molecule has 0 unspecified atom stereocenters. The van der Waals surface area contributed by atoms with Gasteiger partial charge < -0.3 is 14.6 Å². The molecule has 0 atom stereocenters. The predicted octanol–water partition coefficient (Wildman–Crippen LogP) is 2.35. The second-order valence-corrected chi connectivity index (χ2v) is 7.68. The van der Waals surface area contributed by atoms with Crippen LogP contribution in [0.4, 0.5) is 0 Å². The largest absolute Gasteiger partial charge is 0.497 e. The number of aliphatic carboxylic acids is 1. The van der Waals surface area contributed by atoms with Crippen molar-refractivity contribution in [2.75, 3.05) is 20.8 Å². The quantitative estimate of drug-likeness (QED) is 0.448. The smallest absolute Gasteiger partial charge is 0.304 e. The molecule has 0 bridgehead atoms. The molecule has 0 fully saturated rings. The Morgan fingerprint density at radius 1 is 1.03 bits per heavy atom. The lowest BCUT2D eigenvalue weighted by Gasteiger charge is -2.06. The minimum absolute atomic E-state index is 0.0547. The van der Waals surface area contributed by atoms with Gasteiger partial charge in [-0.15, -0.1) is 0 Å². The van der Waals surface area contributed by atoms with E-state index in [1.54, 1.807) is 24.3 Å². The highest BCUT2D eigenvalue weighted by Gasteiger charge is 2.14. The van der Waals surface area contributed by atoms with E-state index in [-0.39, 0.29) is 23.6 Å². The third-order valence-corrected chi connectivity index (χ3v) is 5.36. The van der Waals surface area contributed by atoms with Gasteiger partial charge in [0.1, 0.15) is 11.5 Å². The van der Waals surface area contributed by atoms with E-state index in [4.69, 9.17) is 14.6 Å². The number of nitrogens with one attached hydrogen (secondary N) is 1. The summed E-state index contributed by atoms with van der Waals surface area (Å²) >= 11 is 0. The molecule has 0 saturated heterocycles. The Bertz CT molecular complexity index is 989. The van der Waals surface area contributed by atoms with Crippen LogP contribution in [0.25, 0.3) is 6.08 Å². The number of ketones is 1. The van der Waals surface area contributed by atoms with E-state index in [0.717, 1.165) is 0 Å². The second kappa shape index (κ2) is 9.85. The summed E-state index contributed by atoms with van der Waals surface area (Å²) < 4.78 is 36.8. The van der Waals surface area contributed by atoms with Crippen LogP contribution in [0, 0.1) is 0 Å². The van der Waals surface area contributed by atoms with E-state index >= 15 is 0 Å². The Labute approximate surface area is 168 Å². The van der Waals surface area contributed by atoms with Gasteiger partial charge in [-0.1, -0.05) is 6.08 Å². The molecule has 2 aromatic rings. The lowest BCUT2D eigenvalue weighted by Crippen LogP contribution is -2.26. The maximum absolute atomic E-state index is 12.4. The van der Waals surface area contributed by atoms with Crippen molar-refractivity contribution in [1.82, 2.24) is 4.72 Å². The number of allylic oxidation sites excluding steroid dienone is 1. The average molecular weight is 419 g/mol. The standard InChI is InChI=1S/C20H21NO7S/c1-27-16-11-14(12-17(13-16)28-2)3-8-19(22)15-4-6-18(7-5-15)29(25,26)21-10-9-20(23)24/h3-8,11-13,21H,9-10H2,1-2H3,(H,23,24)/b8-3+. The Balaban J connectivity index is 2.11. The molecule has 0 radical (unpaired) electrons. The summed E-state index contributed by atoms with van der Waals surface area (Å²) in [6.07, 6.45) is 2.64. The molecule has 0 heterocycles. The van der Waals surface area contributed by atoms with Gasteiger partial charge in [-0.2, -0.15) is 0 Å². The zero-order chi connectivity index (χ0) is 21.4. The fourth-order valence-corrected chi connectivity index (χ4v) is 3.40. The fourth-order valence-electron chi connectivity index (χ4n) is 2.37. The van der Waals surface area contributed by atoms with Crippen LogP contribution in [-0.2, 0) is 14.8 Å². The number of carbonyl (C=O) groups is 2. The molecule has 0 aliphatic heterocycles. The first kappa shape index (κ1) is 22.1. The van der Waals surface area contributed by atoms with E-state index in [0.29, 0.717) is 22.6 Å². The van der Waals surface area contributed by atoms with Gasteiger partial charge in [0.2, 0.25) is 10.0 Å². The summed E-state index contributed by atoms with van der Waals surface area (Å²) in [5, 5.41) is 8.58. The van der Waals surface area contributed by atoms with Crippen molar-refractivity contribution in [2.45, 2.75) is 11.3 Å². The highest BCUT2D eigenvalue weighted by molar-refractivity contribution is 7.89. The summed E-state index contributed by atoms with van der Waals surface area (Å²) in [5.74, 6) is -0.244. The van der Waals surface area contributed by atoms with Crippen LogP contribution < -0.4 is 14.2 Å². The summed E-state index contributed by atoms with van der Waals surface area (Å²) in [5.41, 5.74) is 1.01. The van der Waals surface area contributed by atoms with Gasteiger partial charge in [0.05, 0.1) is 25.5 Å². The Kier molecular flexibility index (Phi) is 7.52. The Morgan fingerprint density at radius 2 is 1.62 bits per heavy atom. The molecule has 9 heteroatoms. The third kappa shape index (κ3) is 6.44. The van der Waals surface area contributed by atoms with Gasteiger partial charge in [0.25, 0.3) is 0 Å². The number of carbonyl (C=O) groups excluding carboxylic acids is 1. The van der Waals surface area contributed by atoms with E-state index in [9.17, 15) is 18.0 Å². The highest BCUT2D eigenvalue weighted by Crippen LogP contribution is 2.23. The number of ether oxygens (including phenoxy) is 2. The van der Waals surface area contributed by atoms with Crippen molar-refractivity contribution < 1.29 is 32.6 Å². The normalized spacial score (nSPS) is 11.4. The molecule has 2 rings (SSSR count). The van der Waals surface area contributed by atoms with Crippen molar-refractivity contribution in [3.63, 3.8) is 0 Å². The molecule has 0 saturated carbocycles. The zero-order valence-electron chi connectivity index (χ0n) is 15.9. The Morgan fingerprint density at radius 3 is 2.14 bits per heavy atom. The van der Waals surface area contributed by atoms with Gasteiger partial charge in [-0.3, -0.25) is 9.59 Å². The van der Waals surface area contributed by atoms with Crippen molar-refractivity contribution in [1.29, 1.82) is 0 Å². The number of hydrogen-bond acceptors (Lipinski definition) is 6. The molecule has 0 spiro atoms. The van der Waals surface area contributed by atoms with Crippen LogP contribution in [0.3, 0.4) is 0 Å². The molecule has 154 valence electrons. The molecular formula is C20H21NO7S. The molecule has 0 aliphatic carbocycles. The summed E-state index contributed by atoms with van der Waals surface area (Å²) in [4.78, 5) is 22.8. The number of sulfonamides is 1. The number of benzene rings is 2. The van der Waals surface area contributed by atoms with Gasteiger partial charge in [0.15, 0.2) is 5.78 Å². The van der Waals surface area contributed by atoms with E-state index in [2.05, 4.69) is 4.72 Å². The lowest BCUT2D eigenvalue weighted by molar-refractivity contribution is -0.136. The Hall–Kier alpha value is -3.17. The van der Waals surface area contributed by atoms with Gasteiger partial charge in [-0.25, -0.2) is 13.1 Å². The second-order valence-electron chi connectivity index (χ2n) is 5.91. The number of methoxy groups -OCH3 is 2. The SMILES string of the molecule is COc1cc(/C=C/C(=O)c2ccc(S(=O)(=O)NCCC(=O)O)cc2)cc(OC)c1. The summed E-state index contributed by atoms with van der Waals surface area (Å²) in [6.45, 7) is -0.217. The number of carboxylic acid groups (broad SMARTS) is 1. The average Bonchev–Trinajstić information content (AvgIpc) is 2.71.